The Morgan fingerprint density at radius 1 is 1.52 bits per heavy atom. The second kappa shape index (κ2) is 6.91. The third-order valence-electron chi connectivity index (χ3n) is 3.51. The van der Waals surface area contributed by atoms with Crippen LogP contribution in [-0.4, -0.2) is 69.3 Å². The average Bonchev–Trinajstić information content (AvgIpc) is 2.71. The third kappa shape index (κ3) is 3.37. The largest absolute Gasteiger partial charge is 0.394 e. The van der Waals surface area contributed by atoms with Gasteiger partial charge in [0.25, 0.3) is 5.56 Å². The standard InChI is InChI=1S/C13H20N2O8/c1-7(6-21-2)23-13(20)10(18)8(5-16)22-11(13)15-4-3-9(17)14-12(15)19/h3-4,7-8,10-11,16,18,20H,5-6H2,1-2H3,(H,14,17,19)/t7?,8-,10-,11-,13-/m1/s1. The van der Waals surface area contributed by atoms with E-state index in [1.54, 1.807) is 6.92 Å². The summed E-state index contributed by atoms with van der Waals surface area (Å²) in [6, 6.07) is 1.06. The molecule has 0 bridgehead atoms. The molecular formula is C13H20N2O8. The molecule has 0 amide bonds. The maximum Gasteiger partial charge on any atom is 0.330 e. The van der Waals surface area contributed by atoms with E-state index >= 15 is 0 Å². The van der Waals surface area contributed by atoms with E-state index in [4.69, 9.17) is 14.2 Å². The summed E-state index contributed by atoms with van der Waals surface area (Å²) >= 11 is 0. The summed E-state index contributed by atoms with van der Waals surface area (Å²) in [7, 11) is 1.44. The van der Waals surface area contributed by atoms with Crippen molar-refractivity contribution in [2.45, 2.75) is 37.3 Å². The maximum atomic E-state index is 11.9. The second-order valence-corrected chi connectivity index (χ2v) is 5.31. The quantitative estimate of drug-likeness (QED) is 0.420. The Morgan fingerprint density at radius 2 is 2.22 bits per heavy atom. The normalized spacial score (nSPS) is 32.1. The first kappa shape index (κ1) is 17.8. The number of nitrogens with zero attached hydrogens (tertiary/aromatic N) is 1. The first-order valence-corrected chi connectivity index (χ1v) is 6.98. The number of aromatic nitrogens is 2. The van der Waals surface area contributed by atoms with E-state index in [2.05, 4.69) is 0 Å². The molecule has 1 unspecified atom stereocenters. The molecule has 0 aliphatic carbocycles. The van der Waals surface area contributed by atoms with Crippen LogP contribution in [0.15, 0.2) is 21.9 Å². The highest BCUT2D eigenvalue weighted by molar-refractivity contribution is 4.98. The molecule has 1 aliphatic rings. The van der Waals surface area contributed by atoms with E-state index in [9.17, 15) is 24.9 Å². The highest BCUT2D eigenvalue weighted by atomic mass is 16.7. The number of aliphatic hydroxyl groups is 3. The number of H-pyrrole nitrogens is 1. The Labute approximate surface area is 130 Å². The molecule has 2 rings (SSSR count). The van der Waals surface area contributed by atoms with Crippen molar-refractivity contribution in [3.05, 3.63) is 33.1 Å². The molecule has 10 heteroatoms. The summed E-state index contributed by atoms with van der Waals surface area (Å²) < 4.78 is 16.6. The van der Waals surface area contributed by atoms with Gasteiger partial charge in [-0.1, -0.05) is 0 Å². The Bertz CT molecular complexity index is 643. The van der Waals surface area contributed by atoms with Gasteiger partial charge in [-0.2, -0.15) is 0 Å². The molecule has 1 aromatic rings. The summed E-state index contributed by atoms with van der Waals surface area (Å²) in [6.45, 7) is 1.11. The smallest absolute Gasteiger partial charge is 0.330 e. The number of aromatic amines is 1. The van der Waals surface area contributed by atoms with Crippen LogP contribution in [0.1, 0.15) is 13.2 Å². The van der Waals surface area contributed by atoms with Crippen molar-refractivity contribution in [1.82, 2.24) is 9.55 Å². The van der Waals surface area contributed by atoms with Gasteiger partial charge in [-0.05, 0) is 6.92 Å². The van der Waals surface area contributed by atoms with Gasteiger partial charge < -0.3 is 29.5 Å². The highest BCUT2D eigenvalue weighted by Gasteiger charge is 2.58. The van der Waals surface area contributed by atoms with Crippen molar-refractivity contribution in [2.24, 2.45) is 0 Å². The molecule has 1 aliphatic heterocycles. The van der Waals surface area contributed by atoms with E-state index in [1.807, 2.05) is 4.98 Å². The average molecular weight is 332 g/mol. The maximum absolute atomic E-state index is 11.9. The first-order chi connectivity index (χ1) is 10.8. The number of methoxy groups -OCH3 is 1. The minimum Gasteiger partial charge on any atom is -0.394 e. The van der Waals surface area contributed by atoms with Crippen LogP contribution >= 0.6 is 0 Å². The van der Waals surface area contributed by atoms with Gasteiger partial charge in [-0.15, -0.1) is 0 Å². The van der Waals surface area contributed by atoms with E-state index in [0.29, 0.717) is 0 Å². The van der Waals surface area contributed by atoms with Gasteiger partial charge in [-0.25, -0.2) is 4.79 Å². The minimum absolute atomic E-state index is 0.117. The monoisotopic (exact) mass is 332 g/mol. The molecule has 4 N–H and O–H groups in total. The van der Waals surface area contributed by atoms with E-state index in [-0.39, 0.29) is 6.61 Å². The number of aliphatic hydroxyl groups excluding tert-OH is 2. The van der Waals surface area contributed by atoms with Crippen LogP contribution in [0.3, 0.4) is 0 Å². The molecule has 0 saturated carbocycles. The molecule has 130 valence electrons. The summed E-state index contributed by atoms with van der Waals surface area (Å²) in [5.41, 5.74) is -1.48. The zero-order chi connectivity index (χ0) is 17.2. The Kier molecular flexibility index (Phi) is 5.34. The fraction of sp³-hybridized carbons (Fsp3) is 0.692. The molecule has 1 fully saturated rings. The molecule has 0 aromatic carbocycles. The van der Waals surface area contributed by atoms with Crippen LogP contribution in [0.5, 0.6) is 0 Å². The van der Waals surface area contributed by atoms with Crippen LogP contribution < -0.4 is 11.2 Å². The lowest BCUT2D eigenvalue weighted by molar-refractivity contribution is -0.298. The third-order valence-corrected chi connectivity index (χ3v) is 3.51. The fourth-order valence-electron chi connectivity index (χ4n) is 2.49. The summed E-state index contributed by atoms with van der Waals surface area (Å²) in [5.74, 6) is -2.31. The van der Waals surface area contributed by atoms with Crippen molar-refractivity contribution in [3.8, 4) is 0 Å². The Hall–Kier alpha value is -1.56. The Morgan fingerprint density at radius 3 is 2.78 bits per heavy atom. The van der Waals surface area contributed by atoms with Crippen molar-refractivity contribution in [3.63, 3.8) is 0 Å². The van der Waals surface area contributed by atoms with Gasteiger partial charge >= 0.3 is 5.69 Å². The second-order valence-electron chi connectivity index (χ2n) is 5.31. The fourth-order valence-corrected chi connectivity index (χ4v) is 2.49. The summed E-state index contributed by atoms with van der Waals surface area (Å²) in [4.78, 5) is 25.1. The number of rotatable bonds is 6. The highest BCUT2D eigenvalue weighted by Crippen LogP contribution is 2.39. The van der Waals surface area contributed by atoms with Gasteiger partial charge in [0.1, 0.15) is 12.2 Å². The van der Waals surface area contributed by atoms with Gasteiger partial charge in [0, 0.05) is 19.4 Å². The van der Waals surface area contributed by atoms with Crippen molar-refractivity contribution in [2.75, 3.05) is 20.3 Å². The zero-order valence-corrected chi connectivity index (χ0v) is 12.7. The number of ether oxygens (including phenoxy) is 3. The van der Waals surface area contributed by atoms with E-state index < -0.39 is 48.2 Å². The van der Waals surface area contributed by atoms with Crippen LogP contribution in [-0.2, 0) is 14.2 Å². The summed E-state index contributed by atoms with van der Waals surface area (Å²) in [5, 5.41) is 30.2. The predicted octanol–water partition coefficient (Wildman–Crippen LogP) is -2.47. The SMILES string of the molecule is COCC(C)O[C@]1(O)[C@H](O)[C@@H](CO)O[C@H]1n1ccc(=O)[nH]c1=O. The molecule has 23 heavy (non-hydrogen) atoms. The van der Waals surface area contributed by atoms with Gasteiger partial charge in [0.2, 0.25) is 5.79 Å². The van der Waals surface area contributed by atoms with Crippen molar-refractivity contribution >= 4 is 0 Å². The number of hydrogen-bond acceptors (Lipinski definition) is 8. The Balaban J connectivity index is 2.41. The molecule has 2 heterocycles. The lowest BCUT2D eigenvalue weighted by atomic mass is 10.1. The van der Waals surface area contributed by atoms with Crippen LogP contribution in [0.25, 0.3) is 0 Å². The van der Waals surface area contributed by atoms with E-state index in [1.165, 1.54) is 7.11 Å². The topological polar surface area (TPSA) is 143 Å². The lowest BCUT2D eigenvalue weighted by Crippen LogP contribution is -2.53. The zero-order valence-electron chi connectivity index (χ0n) is 12.7. The molecule has 1 saturated heterocycles. The molecule has 0 radical (unpaired) electrons. The van der Waals surface area contributed by atoms with E-state index in [0.717, 1.165) is 16.8 Å². The molecule has 0 spiro atoms. The molecule has 10 nitrogen and oxygen atoms in total. The van der Waals surface area contributed by atoms with Crippen LogP contribution in [0.4, 0.5) is 0 Å². The van der Waals surface area contributed by atoms with Crippen molar-refractivity contribution < 1.29 is 29.5 Å². The van der Waals surface area contributed by atoms with Crippen LogP contribution in [0.2, 0.25) is 0 Å². The summed E-state index contributed by atoms with van der Waals surface area (Å²) in [6.07, 6.45) is -3.78. The van der Waals surface area contributed by atoms with Gasteiger partial charge in [0.05, 0.1) is 19.3 Å². The number of hydrogen-bond donors (Lipinski definition) is 4. The first-order valence-electron chi connectivity index (χ1n) is 6.98. The molecule has 5 atom stereocenters. The van der Waals surface area contributed by atoms with Gasteiger partial charge in [0.15, 0.2) is 6.23 Å². The van der Waals surface area contributed by atoms with Crippen molar-refractivity contribution in [1.29, 1.82) is 0 Å². The molecular weight excluding hydrogens is 312 g/mol. The van der Waals surface area contributed by atoms with Gasteiger partial charge in [-0.3, -0.25) is 14.3 Å². The lowest BCUT2D eigenvalue weighted by Gasteiger charge is -2.33. The minimum atomic E-state index is -2.31. The number of nitrogens with one attached hydrogen (secondary N) is 1. The predicted molar refractivity (Wildman–Crippen MR) is 75.7 cm³/mol. The van der Waals surface area contributed by atoms with Crippen LogP contribution in [0, 0.1) is 0 Å². The molecule has 1 aromatic heterocycles.